The summed E-state index contributed by atoms with van der Waals surface area (Å²) >= 11 is 0. The Bertz CT molecular complexity index is 734. The molecule has 0 aliphatic carbocycles. The maximum atomic E-state index is 13.6. The molecule has 126 valence electrons. The molecule has 3 rings (SSSR count). The third-order valence-corrected chi connectivity index (χ3v) is 3.64. The fraction of sp³-hybridized carbons (Fsp3) is 0.294. The Labute approximate surface area is 137 Å². The Hall–Kier alpha value is -2.54. The summed E-state index contributed by atoms with van der Waals surface area (Å²) in [5, 5.41) is 2.59. The highest BCUT2D eigenvalue weighted by Crippen LogP contribution is 2.19. The number of halogens is 2. The van der Waals surface area contributed by atoms with Gasteiger partial charge in [-0.2, -0.15) is 0 Å². The fourth-order valence-corrected chi connectivity index (χ4v) is 2.36. The number of hydrogen-bond acceptors (Lipinski definition) is 4. The van der Waals surface area contributed by atoms with Crippen LogP contribution in [0.2, 0.25) is 0 Å². The lowest BCUT2D eigenvalue weighted by Gasteiger charge is -2.14. The Morgan fingerprint density at radius 2 is 2.25 bits per heavy atom. The van der Waals surface area contributed by atoms with Gasteiger partial charge in [0.1, 0.15) is 23.3 Å². The second-order valence-electron chi connectivity index (χ2n) is 5.38. The van der Waals surface area contributed by atoms with Gasteiger partial charge in [0.05, 0.1) is 13.2 Å². The number of aromatic nitrogens is 1. The molecule has 7 heteroatoms. The van der Waals surface area contributed by atoms with Crippen LogP contribution in [0, 0.1) is 11.6 Å². The van der Waals surface area contributed by atoms with Crippen LogP contribution in [0.4, 0.5) is 8.78 Å². The number of amides is 1. The van der Waals surface area contributed by atoms with Crippen LogP contribution >= 0.6 is 0 Å². The van der Waals surface area contributed by atoms with Crippen LogP contribution in [0.5, 0.6) is 5.88 Å². The van der Waals surface area contributed by atoms with Crippen LogP contribution in [0.15, 0.2) is 36.5 Å². The van der Waals surface area contributed by atoms with E-state index in [0.29, 0.717) is 13.2 Å². The van der Waals surface area contributed by atoms with Gasteiger partial charge in [-0.3, -0.25) is 4.79 Å². The summed E-state index contributed by atoms with van der Waals surface area (Å²) < 4.78 is 37.4. The van der Waals surface area contributed by atoms with Gasteiger partial charge < -0.3 is 14.8 Å². The van der Waals surface area contributed by atoms with Crippen LogP contribution in [0.25, 0.3) is 0 Å². The van der Waals surface area contributed by atoms with Gasteiger partial charge in [-0.25, -0.2) is 13.8 Å². The molecule has 2 heterocycles. The van der Waals surface area contributed by atoms with Crippen LogP contribution in [0.1, 0.15) is 22.3 Å². The first kappa shape index (κ1) is 16.3. The van der Waals surface area contributed by atoms with E-state index in [9.17, 15) is 13.6 Å². The largest absolute Gasteiger partial charge is 0.471 e. The fourth-order valence-electron chi connectivity index (χ4n) is 2.36. The van der Waals surface area contributed by atoms with Gasteiger partial charge >= 0.3 is 0 Å². The topological polar surface area (TPSA) is 60.5 Å². The van der Waals surface area contributed by atoms with Gasteiger partial charge in [0, 0.05) is 30.8 Å². The van der Waals surface area contributed by atoms with Crippen LogP contribution < -0.4 is 10.1 Å². The lowest BCUT2D eigenvalue weighted by atomic mass is 10.2. The molecule has 1 saturated heterocycles. The molecule has 1 aliphatic heterocycles. The second kappa shape index (κ2) is 7.35. The summed E-state index contributed by atoms with van der Waals surface area (Å²) in [6.07, 6.45) is 2.13. The quantitative estimate of drug-likeness (QED) is 0.912. The molecule has 1 amide bonds. The minimum Gasteiger partial charge on any atom is -0.471 e. The molecule has 5 nitrogen and oxygen atoms in total. The molecular formula is C17H16F2N2O3. The van der Waals surface area contributed by atoms with Crippen molar-refractivity contribution < 1.29 is 23.0 Å². The lowest BCUT2D eigenvalue weighted by Crippen LogP contribution is -2.26. The number of nitrogens with one attached hydrogen (secondary N) is 1. The standard InChI is InChI=1S/C17H16F2N2O3/c18-12-4-3-11(15(19)8-12)9-21-16(22)14-2-1-6-20-17(14)24-13-5-7-23-10-13/h1-4,6,8,13H,5,7,9-10H2,(H,21,22). The maximum Gasteiger partial charge on any atom is 0.257 e. The monoisotopic (exact) mass is 334 g/mol. The van der Waals surface area contributed by atoms with Gasteiger partial charge in [-0.1, -0.05) is 6.07 Å². The van der Waals surface area contributed by atoms with E-state index >= 15 is 0 Å². The molecule has 2 aromatic rings. The van der Waals surface area contributed by atoms with E-state index in [4.69, 9.17) is 9.47 Å². The zero-order chi connectivity index (χ0) is 16.9. The lowest BCUT2D eigenvalue weighted by molar-refractivity contribution is 0.0937. The van der Waals surface area contributed by atoms with Crippen molar-refractivity contribution in [2.75, 3.05) is 13.2 Å². The number of carbonyl (C=O) groups is 1. The predicted molar refractivity (Wildman–Crippen MR) is 81.6 cm³/mol. The van der Waals surface area contributed by atoms with Crippen LogP contribution in [-0.4, -0.2) is 30.2 Å². The van der Waals surface area contributed by atoms with Gasteiger partial charge in [-0.05, 0) is 18.2 Å². The highest BCUT2D eigenvalue weighted by molar-refractivity contribution is 5.96. The Kier molecular flexibility index (Phi) is 5.00. The zero-order valence-electron chi connectivity index (χ0n) is 12.8. The number of nitrogens with zero attached hydrogens (tertiary/aromatic N) is 1. The van der Waals surface area contributed by atoms with Crippen molar-refractivity contribution in [3.63, 3.8) is 0 Å². The van der Waals surface area contributed by atoms with Crippen molar-refractivity contribution in [3.8, 4) is 5.88 Å². The van der Waals surface area contributed by atoms with Crippen molar-refractivity contribution in [2.24, 2.45) is 0 Å². The van der Waals surface area contributed by atoms with Crippen molar-refractivity contribution in [3.05, 3.63) is 59.3 Å². The number of carbonyl (C=O) groups excluding carboxylic acids is 1. The first-order valence-electron chi connectivity index (χ1n) is 7.55. The van der Waals surface area contributed by atoms with Crippen molar-refractivity contribution in [2.45, 2.75) is 19.1 Å². The molecule has 1 aliphatic rings. The smallest absolute Gasteiger partial charge is 0.257 e. The molecule has 1 N–H and O–H groups in total. The van der Waals surface area contributed by atoms with E-state index < -0.39 is 17.5 Å². The van der Waals surface area contributed by atoms with Gasteiger partial charge in [-0.15, -0.1) is 0 Å². The minimum atomic E-state index is -0.707. The van der Waals surface area contributed by atoms with Gasteiger partial charge in [0.2, 0.25) is 5.88 Å². The van der Waals surface area contributed by atoms with E-state index in [1.54, 1.807) is 12.1 Å². The van der Waals surface area contributed by atoms with E-state index in [2.05, 4.69) is 10.3 Å². The van der Waals surface area contributed by atoms with E-state index in [1.807, 2.05) is 0 Å². The van der Waals surface area contributed by atoms with E-state index in [1.165, 1.54) is 12.3 Å². The zero-order valence-corrected chi connectivity index (χ0v) is 12.8. The Morgan fingerprint density at radius 1 is 1.38 bits per heavy atom. The molecule has 1 atom stereocenters. The first-order valence-corrected chi connectivity index (χ1v) is 7.55. The average molecular weight is 334 g/mol. The summed E-state index contributed by atoms with van der Waals surface area (Å²) in [6, 6.07) is 6.41. The summed E-state index contributed by atoms with van der Waals surface area (Å²) in [7, 11) is 0. The summed E-state index contributed by atoms with van der Waals surface area (Å²) in [6.45, 7) is 1.01. The van der Waals surface area contributed by atoms with Crippen molar-refractivity contribution >= 4 is 5.91 Å². The van der Waals surface area contributed by atoms with Gasteiger partial charge in [0.25, 0.3) is 5.91 Å². The van der Waals surface area contributed by atoms with Crippen LogP contribution in [0.3, 0.4) is 0 Å². The highest BCUT2D eigenvalue weighted by atomic mass is 19.1. The second-order valence-corrected chi connectivity index (χ2v) is 5.38. The van der Waals surface area contributed by atoms with Crippen molar-refractivity contribution in [1.29, 1.82) is 0 Å². The molecule has 0 radical (unpaired) electrons. The first-order chi connectivity index (χ1) is 11.6. The molecule has 1 unspecified atom stereocenters. The highest BCUT2D eigenvalue weighted by Gasteiger charge is 2.21. The molecule has 24 heavy (non-hydrogen) atoms. The number of pyridine rings is 1. The summed E-state index contributed by atoms with van der Waals surface area (Å²) in [4.78, 5) is 16.4. The average Bonchev–Trinajstić information content (AvgIpc) is 3.07. The summed E-state index contributed by atoms with van der Waals surface area (Å²) in [5.74, 6) is -1.60. The third-order valence-electron chi connectivity index (χ3n) is 3.64. The SMILES string of the molecule is O=C(NCc1ccc(F)cc1F)c1cccnc1OC1CCOC1. The number of hydrogen-bond donors (Lipinski definition) is 1. The molecule has 1 fully saturated rings. The summed E-state index contributed by atoms with van der Waals surface area (Å²) in [5.41, 5.74) is 0.451. The normalized spacial score (nSPS) is 16.8. The van der Waals surface area contributed by atoms with Crippen LogP contribution in [-0.2, 0) is 11.3 Å². The third kappa shape index (κ3) is 3.86. The minimum absolute atomic E-state index is 0.0637. The molecule has 0 saturated carbocycles. The molecule has 0 bridgehead atoms. The number of benzene rings is 1. The molecule has 1 aromatic heterocycles. The molecular weight excluding hydrogens is 318 g/mol. The van der Waals surface area contributed by atoms with Gasteiger partial charge in [0.15, 0.2) is 0 Å². The van der Waals surface area contributed by atoms with E-state index in [0.717, 1.165) is 18.6 Å². The predicted octanol–water partition coefficient (Wildman–Crippen LogP) is 2.46. The number of rotatable bonds is 5. The Balaban J connectivity index is 1.68. The van der Waals surface area contributed by atoms with Crippen molar-refractivity contribution in [1.82, 2.24) is 10.3 Å². The van der Waals surface area contributed by atoms with E-state index in [-0.39, 0.29) is 29.7 Å². The Morgan fingerprint density at radius 3 is 3.00 bits per heavy atom. The number of ether oxygens (including phenoxy) is 2. The maximum absolute atomic E-state index is 13.6. The molecule has 1 aromatic carbocycles. The molecule has 0 spiro atoms.